The maximum absolute atomic E-state index is 12.7. The van der Waals surface area contributed by atoms with E-state index in [-0.39, 0.29) is 18.2 Å². The van der Waals surface area contributed by atoms with Gasteiger partial charge in [-0.15, -0.1) is 12.4 Å². The van der Waals surface area contributed by atoms with Crippen molar-refractivity contribution in [1.82, 2.24) is 0 Å². The van der Waals surface area contributed by atoms with Crippen molar-refractivity contribution < 1.29 is 4.39 Å². The molecule has 1 aromatic carbocycles. The van der Waals surface area contributed by atoms with E-state index in [9.17, 15) is 4.39 Å². The zero-order valence-electron chi connectivity index (χ0n) is 8.95. The summed E-state index contributed by atoms with van der Waals surface area (Å²) in [6.07, 6.45) is 2.57. The van der Waals surface area contributed by atoms with Crippen molar-refractivity contribution in [2.75, 3.05) is 18.0 Å². The van der Waals surface area contributed by atoms with E-state index in [1.165, 1.54) is 25.0 Å². The van der Waals surface area contributed by atoms with E-state index in [0.29, 0.717) is 0 Å². The molecule has 84 valence electrons. The van der Waals surface area contributed by atoms with E-state index in [0.717, 1.165) is 24.7 Å². The van der Waals surface area contributed by atoms with Gasteiger partial charge in [0.25, 0.3) is 0 Å². The maximum atomic E-state index is 12.7. The summed E-state index contributed by atoms with van der Waals surface area (Å²) in [7, 11) is 0. The minimum absolute atomic E-state index is 0. The van der Waals surface area contributed by atoms with Crippen LogP contribution in [-0.2, 0) is 0 Å². The predicted molar refractivity (Wildman–Crippen MR) is 64.3 cm³/mol. The lowest BCUT2D eigenvalue weighted by molar-refractivity contribution is 0.446. The van der Waals surface area contributed by atoms with Crippen LogP contribution in [0.2, 0.25) is 0 Å². The Labute approximate surface area is 96.7 Å². The summed E-state index contributed by atoms with van der Waals surface area (Å²) in [6.45, 7) is 4.48. The first kappa shape index (κ1) is 12.3. The van der Waals surface area contributed by atoms with E-state index in [4.69, 9.17) is 0 Å². The van der Waals surface area contributed by atoms with Crippen molar-refractivity contribution in [3.63, 3.8) is 0 Å². The Morgan fingerprint density at radius 3 is 2.53 bits per heavy atom. The summed E-state index contributed by atoms with van der Waals surface area (Å²) < 4.78 is 12.7. The van der Waals surface area contributed by atoms with E-state index in [1.54, 1.807) is 0 Å². The summed E-state index contributed by atoms with van der Waals surface area (Å²) in [5.74, 6) is 0.604. The van der Waals surface area contributed by atoms with Crippen LogP contribution in [0, 0.1) is 11.7 Å². The van der Waals surface area contributed by atoms with Crippen molar-refractivity contribution in [2.45, 2.75) is 19.8 Å². The molecule has 15 heavy (non-hydrogen) atoms. The Morgan fingerprint density at radius 2 is 1.93 bits per heavy atom. The highest BCUT2D eigenvalue weighted by molar-refractivity contribution is 5.85. The third kappa shape index (κ3) is 3.10. The minimum Gasteiger partial charge on any atom is -0.371 e. The molecule has 1 atom stereocenters. The summed E-state index contributed by atoms with van der Waals surface area (Å²) in [4.78, 5) is 2.34. The molecule has 3 heteroatoms. The monoisotopic (exact) mass is 229 g/mol. The third-order valence-corrected chi connectivity index (χ3v) is 2.85. The number of halogens is 2. The maximum Gasteiger partial charge on any atom is 0.123 e. The molecule has 1 heterocycles. The average Bonchev–Trinajstić information content (AvgIpc) is 2.19. The number of benzene rings is 1. The highest BCUT2D eigenvalue weighted by atomic mass is 35.5. The molecule has 0 N–H and O–H groups in total. The van der Waals surface area contributed by atoms with Crippen LogP contribution in [0.4, 0.5) is 10.1 Å². The van der Waals surface area contributed by atoms with Gasteiger partial charge in [0.1, 0.15) is 5.82 Å². The van der Waals surface area contributed by atoms with Gasteiger partial charge in [-0.1, -0.05) is 6.92 Å². The standard InChI is InChI=1S/C12H16FN.ClH/c1-10-3-2-8-14(9-10)12-6-4-11(13)5-7-12;/h4-7,10H,2-3,8-9H2,1H3;1H. The van der Waals surface area contributed by atoms with Crippen LogP contribution in [0.5, 0.6) is 0 Å². The fraction of sp³-hybridized carbons (Fsp3) is 0.500. The normalized spacial score (nSPS) is 20.9. The number of rotatable bonds is 1. The molecule has 2 rings (SSSR count). The zero-order chi connectivity index (χ0) is 9.97. The first-order valence-electron chi connectivity index (χ1n) is 5.26. The van der Waals surface area contributed by atoms with E-state index >= 15 is 0 Å². The Morgan fingerprint density at radius 1 is 1.27 bits per heavy atom. The van der Waals surface area contributed by atoms with Gasteiger partial charge in [0, 0.05) is 18.8 Å². The molecule has 1 saturated heterocycles. The largest absolute Gasteiger partial charge is 0.371 e. The lowest BCUT2D eigenvalue weighted by Gasteiger charge is -2.32. The molecule has 1 unspecified atom stereocenters. The summed E-state index contributed by atoms with van der Waals surface area (Å²) in [5, 5.41) is 0. The van der Waals surface area contributed by atoms with Gasteiger partial charge in [-0.2, -0.15) is 0 Å². The van der Waals surface area contributed by atoms with Crippen LogP contribution < -0.4 is 4.90 Å². The van der Waals surface area contributed by atoms with Gasteiger partial charge in [0.05, 0.1) is 0 Å². The van der Waals surface area contributed by atoms with Crippen LogP contribution in [0.15, 0.2) is 24.3 Å². The molecule has 1 nitrogen and oxygen atoms in total. The first-order valence-corrected chi connectivity index (χ1v) is 5.26. The SMILES string of the molecule is CC1CCCN(c2ccc(F)cc2)C1.Cl. The molecule has 1 aromatic rings. The molecule has 1 aliphatic rings. The fourth-order valence-corrected chi connectivity index (χ4v) is 2.08. The number of nitrogens with zero attached hydrogens (tertiary/aromatic N) is 1. The quantitative estimate of drug-likeness (QED) is 0.713. The van der Waals surface area contributed by atoms with Crippen LogP contribution >= 0.6 is 12.4 Å². The molecule has 1 aliphatic heterocycles. The second kappa shape index (κ2) is 5.36. The lowest BCUT2D eigenvalue weighted by atomic mass is 10.00. The smallest absolute Gasteiger partial charge is 0.123 e. The number of piperidine rings is 1. The molecule has 0 spiro atoms. The Kier molecular flexibility index (Phi) is 4.40. The summed E-state index contributed by atoms with van der Waals surface area (Å²) in [6, 6.07) is 6.81. The molecular weight excluding hydrogens is 213 g/mol. The molecule has 1 fully saturated rings. The third-order valence-electron chi connectivity index (χ3n) is 2.85. The molecule has 0 aromatic heterocycles. The van der Waals surface area contributed by atoms with Crippen molar-refractivity contribution in [1.29, 1.82) is 0 Å². The van der Waals surface area contributed by atoms with Crippen LogP contribution in [-0.4, -0.2) is 13.1 Å². The molecule has 0 bridgehead atoms. The van der Waals surface area contributed by atoms with Gasteiger partial charge < -0.3 is 4.90 Å². The van der Waals surface area contributed by atoms with E-state index < -0.39 is 0 Å². The van der Waals surface area contributed by atoms with Crippen molar-refractivity contribution in [3.05, 3.63) is 30.1 Å². The van der Waals surface area contributed by atoms with Crippen LogP contribution in [0.3, 0.4) is 0 Å². The topological polar surface area (TPSA) is 3.24 Å². The first-order chi connectivity index (χ1) is 6.75. The van der Waals surface area contributed by atoms with Gasteiger partial charge in [-0.25, -0.2) is 4.39 Å². The summed E-state index contributed by atoms with van der Waals surface area (Å²) in [5.41, 5.74) is 1.15. The fourth-order valence-electron chi connectivity index (χ4n) is 2.08. The van der Waals surface area contributed by atoms with Gasteiger partial charge in [-0.3, -0.25) is 0 Å². The second-order valence-electron chi connectivity index (χ2n) is 4.17. The van der Waals surface area contributed by atoms with Crippen LogP contribution in [0.1, 0.15) is 19.8 Å². The van der Waals surface area contributed by atoms with Gasteiger partial charge in [0.15, 0.2) is 0 Å². The van der Waals surface area contributed by atoms with Crippen molar-refractivity contribution >= 4 is 18.1 Å². The number of hydrogen-bond acceptors (Lipinski definition) is 1. The highest BCUT2D eigenvalue weighted by Crippen LogP contribution is 2.22. The van der Waals surface area contributed by atoms with Crippen molar-refractivity contribution in [3.8, 4) is 0 Å². The Bertz CT molecular complexity index is 299. The molecule has 0 radical (unpaired) electrons. The van der Waals surface area contributed by atoms with Gasteiger partial charge in [-0.05, 0) is 43.0 Å². The number of anilines is 1. The van der Waals surface area contributed by atoms with Gasteiger partial charge in [0.2, 0.25) is 0 Å². The minimum atomic E-state index is -0.154. The summed E-state index contributed by atoms with van der Waals surface area (Å²) >= 11 is 0. The molecular formula is C12H17ClFN. The predicted octanol–water partition coefficient (Wildman–Crippen LogP) is 3.48. The van der Waals surface area contributed by atoms with Crippen molar-refractivity contribution in [2.24, 2.45) is 5.92 Å². The highest BCUT2D eigenvalue weighted by Gasteiger charge is 2.16. The molecule has 0 saturated carbocycles. The van der Waals surface area contributed by atoms with E-state index in [1.807, 2.05) is 12.1 Å². The molecule has 0 aliphatic carbocycles. The average molecular weight is 230 g/mol. The van der Waals surface area contributed by atoms with E-state index in [2.05, 4.69) is 11.8 Å². The lowest BCUT2D eigenvalue weighted by Crippen LogP contribution is -2.34. The Hall–Kier alpha value is -0.760. The molecule has 0 amide bonds. The number of hydrogen-bond donors (Lipinski definition) is 0. The zero-order valence-corrected chi connectivity index (χ0v) is 9.77. The second-order valence-corrected chi connectivity index (χ2v) is 4.17. The Balaban J connectivity index is 0.00000112. The van der Waals surface area contributed by atoms with Gasteiger partial charge >= 0.3 is 0 Å². The van der Waals surface area contributed by atoms with Crippen LogP contribution in [0.25, 0.3) is 0 Å².